The van der Waals surface area contributed by atoms with Crippen molar-refractivity contribution in [1.82, 2.24) is 9.80 Å². The molecule has 0 aliphatic carbocycles. The average molecular weight is 242 g/mol. The van der Waals surface area contributed by atoms with Crippen LogP contribution in [0, 0.1) is 11.8 Å². The Labute approximate surface area is 107 Å². The van der Waals surface area contributed by atoms with Gasteiger partial charge in [-0.05, 0) is 25.2 Å². The van der Waals surface area contributed by atoms with Crippen molar-refractivity contribution in [3.8, 4) is 0 Å². The van der Waals surface area contributed by atoms with Gasteiger partial charge in [0.15, 0.2) is 0 Å². The van der Waals surface area contributed by atoms with Crippen LogP contribution in [0.2, 0.25) is 0 Å². The highest BCUT2D eigenvalue weighted by atomic mass is 16.2. The first-order chi connectivity index (χ1) is 8.84. The second kappa shape index (κ2) is 3.74. The van der Waals surface area contributed by atoms with E-state index >= 15 is 0 Å². The zero-order valence-electron chi connectivity index (χ0n) is 10.4. The van der Waals surface area contributed by atoms with E-state index in [0.717, 1.165) is 19.4 Å². The van der Waals surface area contributed by atoms with E-state index in [9.17, 15) is 4.79 Å². The molecule has 0 radical (unpaired) electrons. The number of hydrogen-bond donors (Lipinski definition) is 0. The molecule has 0 saturated carbocycles. The Bertz CT molecular complexity index is 465. The molecule has 4 aliphatic heterocycles. The zero-order valence-corrected chi connectivity index (χ0v) is 10.4. The van der Waals surface area contributed by atoms with Crippen LogP contribution in [0.3, 0.4) is 0 Å². The van der Waals surface area contributed by atoms with Crippen molar-refractivity contribution in [2.45, 2.75) is 31.3 Å². The molecule has 4 rings (SSSR count). The summed E-state index contributed by atoms with van der Waals surface area (Å²) in [5, 5.41) is 0. The Morgan fingerprint density at radius 2 is 1.94 bits per heavy atom. The highest BCUT2D eigenvalue weighted by Gasteiger charge is 2.47. The minimum Gasteiger partial charge on any atom is -0.351 e. The number of fused-ring (bicyclic) bond motifs is 2. The Hall–Kier alpha value is -1.51. The SMILES string of the molecule is O=C1CC=C[C@@H]2[C@H]3CC=CN4C=CC[C@@H](CN12)[C@@H]34. The molecule has 94 valence electrons. The fraction of sp³-hybridized carbons (Fsp3) is 0.533. The molecule has 0 unspecified atom stereocenters. The zero-order chi connectivity index (χ0) is 12.1. The lowest BCUT2D eigenvalue weighted by Gasteiger charge is -2.54. The van der Waals surface area contributed by atoms with Gasteiger partial charge in [-0.15, -0.1) is 0 Å². The van der Waals surface area contributed by atoms with Gasteiger partial charge in [-0.3, -0.25) is 4.79 Å². The normalized spacial score (nSPS) is 40.8. The van der Waals surface area contributed by atoms with Gasteiger partial charge in [0.05, 0.1) is 6.04 Å². The summed E-state index contributed by atoms with van der Waals surface area (Å²) in [5.74, 6) is 1.49. The monoisotopic (exact) mass is 242 g/mol. The molecule has 0 N–H and O–H groups in total. The lowest BCUT2D eigenvalue weighted by molar-refractivity contribution is -0.138. The summed E-state index contributed by atoms with van der Waals surface area (Å²) in [4.78, 5) is 16.6. The first-order valence-electron chi connectivity index (χ1n) is 6.91. The highest BCUT2D eigenvalue weighted by molar-refractivity contribution is 5.79. The van der Waals surface area contributed by atoms with Gasteiger partial charge in [0.25, 0.3) is 0 Å². The van der Waals surface area contributed by atoms with Crippen molar-refractivity contribution in [2.24, 2.45) is 11.8 Å². The second-order valence-electron chi connectivity index (χ2n) is 5.77. The molecule has 0 bridgehead atoms. The maximum atomic E-state index is 12.1. The average Bonchev–Trinajstić information content (AvgIpc) is 2.41. The fourth-order valence-corrected chi connectivity index (χ4v) is 4.11. The molecule has 18 heavy (non-hydrogen) atoms. The van der Waals surface area contributed by atoms with Crippen LogP contribution in [0.25, 0.3) is 0 Å². The van der Waals surface area contributed by atoms with Crippen molar-refractivity contribution >= 4 is 5.91 Å². The summed E-state index contributed by atoms with van der Waals surface area (Å²) in [7, 11) is 0. The number of amides is 1. The summed E-state index contributed by atoms with van der Waals surface area (Å²) >= 11 is 0. The van der Waals surface area contributed by atoms with Gasteiger partial charge in [-0.25, -0.2) is 0 Å². The summed E-state index contributed by atoms with van der Waals surface area (Å²) < 4.78 is 0. The largest absolute Gasteiger partial charge is 0.351 e. The standard InChI is InChI=1S/C15H18N2O/c18-14-7-1-6-13-12-5-3-9-16-8-2-4-11(15(12)16)10-17(13)14/h1-3,6,8-9,11-13,15H,4-5,7,10H2/t11-,12+,13+,15-/m0/s1. The van der Waals surface area contributed by atoms with Crippen molar-refractivity contribution in [1.29, 1.82) is 0 Å². The van der Waals surface area contributed by atoms with E-state index in [1.165, 1.54) is 0 Å². The number of allylic oxidation sites excluding steroid dienone is 2. The molecule has 1 amide bonds. The van der Waals surface area contributed by atoms with Crippen LogP contribution < -0.4 is 0 Å². The smallest absolute Gasteiger partial charge is 0.226 e. The molecule has 4 aliphatic rings. The van der Waals surface area contributed by atoms with Crippen molar-refractivity contribution in [3.63, 3.8) is 0 Å². The lowest BCUT2D eigenvalue weighted by Crippen LogP contribution is -2.62. The van der Waals surface area contributed by atoms with Gasteiger partial charge in [-0.2, -0.15) is 0 Å². The lowest BCUT2D eigenvalue weighted by atomic mass is 9.71. The number of nitrogens with zero attached hydrogens (tertiary/aromatic N) is 2. The van der Waals surface area contributed by atoms with Gasteiger partial charge in [0, 0.05) is 30.8 Å². The number of carbonyl (C=O) groups is 1. The van der Waals surface area contributed by atoms with E-state index in [2.05, 4.69) is 46.5 Å². The van der Waals surface area contributed by atoms with Crippen LogP contribution in [0.15, 0.2) is 36.7 Å². The minimum atomic E-state index is 0.316. The van der Waals surface area contributed by atoms with Crippen LogP contribution in [-0.4, -0.2) is 34.3 Å². The summed E-state index contributed by atoms with van der Waals surface area (Å²) in [6.07, 6.45) is 16.1. The van der Waals surface area contributed by atoms with E-state index in [0.29, 0.717) is 36.2 Å². The fourth-order valence-electron chi connectivity index (χ4n) is 4.11. The number of carbonyl (C=O) groups excluding carboxylic acids is 1. The molecule has 3 heteroatoms. The molecule has 4 atom stereocenters. The summed E-state index contributed by atoms with van der Waals surface area (Å²) in [6, 6.07) is 0.920. The van der Waals surface area contributed by atoms with Gasteiger partial charge in [0.1, 0.15) is 0 Å². The Balaban J connectivity index is 1.76. The topological polar surface area (TPSA) is 23.6 Å². The molecule has 0 aromatic carbocycles. The molecule has 3 nitrogen and oxygen atoms in total. The third kappa shape index (κ3) is 1.33. The third-order valence-corrected chi connectivity index (χ3v) is 4.84. The van der Waals surface area contributed by atoms with Crippen molar-refractivity contribution in [3.05, 3.63) is 36.7 Å². The van der Waals surface area contributed by atoms with Crippen LogP contribution in [-0.2, 0) is 4.79 Å². The molecular weight excluding hydrogens is 224 g/mol. The third-order valence-electron chi connectivity index (χ3n) is 4.84. The summed E-state index contributed by atoms with van der Waals surface area (Å²) in [5.41, 5.74) is 0. The molecular formula is C15H18N2O. The van der Waals surface area contributed by atoms with Crippen LogP contribution in [0.1, 0.15) is 19.3 Å². The second-order valence-corrected chi connectivity index (χ2v) is 5.77. The van der Waals surface area contributed by atoms with Gasteiger partial charge < -0.3 is 9.80 Å². The highest BCUT2D eigenvalue weighted by Crippen LogP contribution is 2.42. The number of rotatable bonds is 0. The van der Waals surface area contributed by atoms with Crippen molar-refractivity contribution < 1.29 is 4.79 Å². The molecule has 1 fully saturated rings. The van der Waals surface area contributed by atoms with Gasteiger partial charge in [0.2, 0.25) is 5.91 Å². The summed E-state index contributed by atoms with van der Waals surface area (Å²) in [6.45, 7) is 0.934. The molecule has 0 aromatic rings. The van der Waals surface area contributed by atoms with E-state index in [1.807, 2.05) is 0 Å². The van der Waals surface area contributed by atoms with Gasteiger partial charge >= 0.3 is 0 Å². The van der Waals surface area contributed by atoms with Gasteiger partial charge in [-0.1, -0.05) is 24.3 Å². The van der Waals surface area contributed by atoms with E-state index < -0.39 is 0 Å². The first-order valence-corrected chi connectivity index (χ1v) is 6.91. The van der Waals surface area contributed by atoms with E-state index in [-0.39, 0.29) is 0 Å². The van der Waals surface area contributed by atoms with E-state index in [4.69, 9.17) is 0 Å². The molecule has 0 aromatic heterocycles. The first kappa shape index (κ1) is 10.4. The Kier molecular flexibility index (Phi) is 2.16. The van der Waals surface area contributed by atoms with E-state index in [1.54, 1.807) is 0 Å². The maximum absolute atomic E-state index is 12.1. The minimum absolute atomic E-state index is 0.316. The quantitative estimate of drug-likeness (QED) is 0.606. The molecule has 1 saturated heterocycles. The Morgan fingerprint density at radius 1 is 1.11 bits per heavy atom. The predicted molar refractivity (Wildman–Crippen MR) is 69.4 cm³/mol. The number of piperidine rings is 1. The van der Waals surface area contributed by atoms with Crippen LogP contribution in [0.5, 0.6) is 0 Å². The molecule has 4 heterocycles. The van der Waals surface area contributed by atoms with Crippen LogP contribution in [0.4, 0.5) is 0 Å². The maximum Gasteiger partial charge on any atom is 0.226 e. The molecule has 0 spiro atoms. The van der Waals surface area contributed by atoms with Crippen molar-refractivity contribution in [2.75, 3.05) is 6.54 Å². The predicted octanol–water partition coefficient (Wildman–Crippen LogP) is 1.89. The number of hydrogen-bond acceptors (Lipinski definition) is 2. The van der Waals surface area contributed by atoms with Crippen LogP contribution >= 0.6 is 0 Å². The Morgan fingerprint density at radius 3 is 2.83 bits per heavy atom.